The fraction of sp³-hybridized carbons (Fsp3) is 0.0455. The van der Waals surface area contributed by atoms with E-state index < -0.39 is 0 Å². The molecule has 1 aliphatic heterocycles. The zero-order valence-electron chi connectivity index (χ0n) is 15.0. The molecular weight excluding hydrogens is 394 g/mol. The molecule has 1 aliphatic rings. The molecule has 0 aliphatic carbocycles. The summed E-state index contributed by atoms with van der Waals surface area (Å²) in [6.07, 6.45) is 0. The fourth-order valence-corrected chi connectivity index (χ4v) is 3.64. The Balaban J connectivity index is 1.76. The van der Waals surface area contributed by atoms with Gasteiger partial charge in [-0.25, -0.2) is 8.78 Å². The quantitative estimate of drug-likeness (QED) is 0.458. The number of aromatic nitrogens is 3. The van der Waals surface area contributed by atoms with Gasteiger partial charge in [0, 0.05) is 21.7 Å². The highest BCUT2D eigenvalue weighted by molar-refractivity contribution is 6.31. The molecule has 2 heterocycles. The van der Waals surface area contributed by atoms with Crippen molar-refractivity contribution in [2.75, 3.05) is 0 Å². The highest BCUT2D eigenvalue weighted by atomic mass is 35.5. The first-order valence-corrected chi connectivity index (χ1v) is 9.29. The van der Waals surface area contributed by atoms with Crippen LogP contribution in [0.2, 0.25) is 5.02 Å². The Morgan fingerprint density at radius 2 is 1.66 bits per heavy atom. The lowest BCUT2D eigenvalue weighted by molar-refractivity contribution is 0.625. The van der Waals surface area contributed by atoms with E-state index in [0.717, 1.165) is 5.69 Å². The Labute approximate surface area is 170 Å². The summed E-state index contributed by atoms with van der Waals surface area (Å²) in [6, 6.07) is 17.9. The molecule has 0 atom stereocenters. The van der Waals surface area contributed by atoms with Gasteiger partial charge in [-0.1, -0.05) is 23.7 Å². The van der Waals surface area contributed by atoms with Crippen molar-refractivity contribution < 1.29 is 8.78 Å². The molecular formula is C22H13ClF2N4. The first kappa shape index (κ1) is 17.7. The molecule has 0 unspecified atom stereocenters. The first-order chi connectivity index (χ1) is 14.1. The summed E-state index contributed by atoms with van der Waals surface area (Å²) >= 11 is 6.27. The molecule has 7 heteroatoms. The Hall–Kier alpha value is -3.38. The van der Waals surface area contributed by atoms with Gasteiger partial charge in [0.05, 0.1) is 11.4 Å². The molecule has 0 amide bonds. The lowest BCUT2D eigenvalue weighted by Gasteiger charge is -2.14. The van der Waals surface area contributed by atoms with E-state index in [4.69, 9.17) is 11.6 Å². The van der Waals surface area contributed by atoms with E-state index in [2.05, 4.69) is 15.2 Å². The van der Waals surface area contributed by atoms with Gasteiger partial charge in [0.1, 0.15) is 18.2 Å². The second-order valence-electron chi connectivity index (χ2n) is 6.59. The van der Waals surface area contributed by atoms with Crippen molar-refractivity contribution in [2.24, 2.45) is 4.99 Å². The van der Waals surface area contributed by atoms with Crippen molar-refractivity contribution >= 4 is 17.3 Å². The molecule has 29 heavy (non-hydrogen) atoms. The summed E-state index contributed by atoms with van der Waals surface area (Å²) in [4.78, 5) is 4.63. The Kier molecular flexibility index (Phi) is 4.21. The van der Waals surface area contributed by atoms with E-state index in [-0.39, 0.29) is 18.2 Å². The van der Waals surface area contributed by atoms with Gasteiger partial charge in [0.15, 0.2) is 11.6 Å². The minimum absolute atomic E-state index is 0.212. The monoisotopic (exact) mass is 406 g/mol. The predicted octanol–water partition coefficient (Wildman–Crippen LogP) is 5.22. The standard InChI is InChI=1S/C22H13ClF2N4/c23-14-7-10-19-17(11-14)21(16-3-1-2-4-18(16)25)26-12-20-27-28-22(29(19)20)13-5-8-15(24)9-6-13/h1-11H,12H2. The van der Waals surface area contributed by atoms with Gasteiger partial charge in [0.25, 0.3) is 0 Å². The smallest absolute Gasteiger partial charge is 0.168 e. The number of hydrogen-bond donors (Lipinski definition) is 0. The number of halogens is 3. The first-order valence-electron chi connectivity index (χ1n) is 8.92. The topological polar surface area (TPSA) is 43.1 Å². The van der Waals surface area contributed by atoms with Crippen LogP contribution in [0.1, 0.15) is 17.0 Å². The van der Waals surface area contributed by atoms with Gasteiger partial charge in [-0.05, 0) is 54.6 Å². The van der Waals surface area contributed by atoms with Gasteiger partial charge in [0.2, 0.25) is 0 Å². The van der Waals surface area contributed by atoms with Crippen molar-refractivity contribution in [3.63, 3.8) is 0 Å². The number of nitrogens with zero attached hydrogens (tertiary/aromatic N) is 4. The van der Waals surface area contributed by atoms with Crippen LogP contribution in [0.3, 0.4) is 0 Å². The highest BCUT2D eigenvalue weighted by Gasteiger charge is 2.25. The maximum absolute atomic E-state index is 14.6. The molecule has 0 fully saturated rings. The van der Waals surface area contributed by atoms with Crippen molar-refractivity contribution in [3.8, 4) is 17.1 Å². The Morgan fingerprint density at radius 1 is 0.862 bits per heavy atom. The predicted molar refractivity (Wildman–Crippen MR) is 108 cm³/mol. The van der Waals surface area contributed by atoms with E-state index in [1.54, 1.807) is 42.5 Å². The van der Waals surface area contributed by atoms with E-state index in [1.807, 2.05) is 10.6 Å². The molecule has 1 aromatic heterocycles. The molecule has 0 bridgehead atoms. The molecule has 4 aromatic rings. The molecule has 142 valence electrons. The van der Waals surface area contributed by atoms with Crippen LogP contribution in [0.4, 0.5) is 8.78 Å². The van der Waals surface area contributed by atoms with Crippen molar-refractivity contribution in [1.82, 2.24) is 14.8 Å². The number of aliphatic imine (C=N–C) groups is 1. The maximum Gasteiger partial charge on any atom is 0.168 e. The van der Waals surface area contributed by atoms with Crippen LogP contribution in [0.25, 0.3) is 17.1 Å². The molecule has 0 spiro atoms. The van der Waals surface area contributed by atoms with Gasteiger partial charge in [-0.2, -0.15) is 0 Å². The normalized spacial score (nSPS) is 12.7. The molecule has 0 N–H and O–H groups in total. The zero-order chi connectivity index (χ0) is 20.0. The average Bonchev–Trinajstić information content (AvgIpc) is 3.07. The minimum atomic E-state index is -0.367. The number of benzene rings is 3. The third-order valence-electron chi connectivity index (χ3n) is 4.79. The SMILES string of the molecule is Fc1ccc(-c2nnc3n2-c2ccc(Cl)cc2C(c2ccccc2F)=NC3)cc1. The number of hydrogen-bond acceptors (Lipinski definition) is 3. The van der Waals surface area contributed by atoms with Crippen LogP contribution in [0, 0.1) is 11.6 Å². The third kappa shape index (κ3) is 3.02. The van der Waals surface area contributed by atoms with Gasteiger partial charge >= 0.3 is 0 Å². The number of fused-ring (bicyclic) bond motifs is 3. The molecule has 3 aromatic carbocycles. The lowest BCUT2D eigenvalue weighted by atomic mass is 10.00. The zero-order valence-corrected chi connectivity index (χ0v) is 15.7. The largest absolute Gasteiger partial charge is 0.277 e. The molecule has 0 saturated carbocycles. The summed E-state index contributed by atoms with van der Waals surface area (Å²) in [5.74, 6) is 0.447. The van der Waals surface area contributed by atoms with Crippen molar-refractivity contribution in [3.05, 3.63) is 100 Å². The molecule has 0 radical (unpaired) electrons. The van der Waals surface area contributed by atoms with Crippen LogP contribution in [-0.4, -0.2) is 20.5 Å². The van der Waals surface area contributed by atoms with Crippen molar-refractivity contribution in [1.29, 1.82) is 0 Å². The van der Waals surface area contributed by atoms with Gasteiger partial charge < -0.3 is 0 Å². The number of rotatable bonds is 2. The van der Waals surface area contributed by atoms with E-state index in [1.165, 1.54) is 18.2 Å². The Bertz CT molecular complexity index is 1260. The maximum atomic E-state index is 14.6. The Morgan fingerprint density at radius 3 is 2.45 bits per heavy atom. The van der Waals surface area contributed by atoms with Crippen LogP contribution in [0.15, 0.2) is 71.7 Å². The average molecular weight is 407 g/mol. The summed E-state index contributed by atoms with van der Waals surface area (Å²) in [6.45, 7) is 0.212. The molecule has 4 nitrogen and oxygen atoms in total. The lowest BCUT2D eigenvalue weighted by Crippen LogP contribution is -2.09. The summed E-state index contributed by atoms with van der Waals surface area (Å²) < 4.78 is 29.8. The summed E-state index contributed by atoms with van der Waals surface area (Å²) in [7, 11) is 0. The summed E-state index contributed by atoms with van der Waals surface area (Å²) in [5, 5.41) is 9.07. The second-order valence-corrected chi connectivity index (χ2v) is 7.02. The van der Waals surface area contributed by atoms with E-state index >= 15 is 0 Å². The molecule has 5 rings (SSSR count). The van der Waals surface area contributed by atoms with Gasteiger partial charge in [-0.15, -0.1) is 10.2 Å². The second kappa shape index (κ2) is 6.90. The van der Waals surface area contributed by atoms with Crippen LogP contribution in [0.5, 0.6) is 0 Å². The minimum Gasteiger partial charge on any atom is -0.277 e. The fourth-order valence-electron chi connectivity index (χ4n) is 3.47. The third-order valence-corrected chi connectivity index (χ3v) is 5.03. The summed E-state index contributed by atoms with van der Waals surface area (Å²) in [5.41, 5.74) is 2.99. The van der Waals surface area contributed by atoms with Crippen LogP contribution < -0.4 is 0 Å². The van der Waals surface area contributed by atoms with Crippen LogP contribution in [-0.2, 0) is 6.54 Å². The van der Waals surface area contributed by atoms with Crippen LogP contribution >= 0.6 is 11.6 Å². The van der Waals surface area contributed by atoms with Gasteiger partial charge in [-0.3, -0.25) is 9.56 Å². The molecule has 0 saturated heterocycles. The van der Waals surface area contributed by atoms with E-state index in [0.29, 0.717) is 39.1 Å². The highest BCUT2D eigenvalue weighted by Crippen LogP contribution is 2.31. The van der Waals surface area contributed by atoms with Crippen molar-refractivity contribution in [2.45, 2.75) is 6.54 Å². The van der Waals surface area contributed by atoms with E-state index in [9.17, 15) is 8.78 Å².